The van der Waals surface area contributed by atoms with E-state index in [9.17, 15) is 9.59 Å². The lowest BCUT2D eigenvalue weighted by molar-refractivity contribution is 0.0952. The number of carbonyl (C=O) groups excluding carboxylic acids is 2. The number of carbonyl (C=O) groups is 2. The summed E-state index contributed by atoms with van der Waals surface area (Å²) in [4.78, 5) is 26.6. The molecule has 5 nitrogen and oxygen atoms in total. The molecule has 0 spiro atoms. The first-order valence-corrected chi connectivity index (χ1v) is 8.01. The van der Waals surface area contributed by atoms with Crippen LogP contribution in [0.5, 0.6) is 5.75 Å². The van der Waals surface area contributed by atoms with Gasteiger partial charge in [0, 0.05) is 29.9 Å². The Morgan fingerprint density at radius 2 is 1.83 bits per heavy atom. The summed E-state index contributed by atoms with van der Waals surface area (Å²) in [5, 5.41) is 2.79. The fourth-order valence-electron chi connectivity index (χ4n) is 2.88. The van der Waals surface area contributed by atoms with Gasteiger partial charge >= 0.3 is 0 Å². The first kappa shape index (κ1) is 16.1. The van der Waals surface area contributed by atoms with E-state index in [2.05, 4.69) is 5.32 Å². The van der Waals surface area contributed by atoms with Gasteiger partial charge in [0.15, 0.2) is 0 Å². The van der Waals surface area contributed by atoms with Crippen molar-refractivity contribution in [3.8, 4) is 5.75 Å². The van der Waals surface area contributed by atoms with Crippen LogP contribution in [0.4, 0.5) is 5.69 Å². The van der Waals surface area contributed by atoms with Crippen molar-refractivity contribution in [1.82, 2.24) is 5.32 Å². The zero-order valence-electron chi connectivity index (χ0n) is 13.8. The zero-order valence-corrected chi connectivity index (χ0v) is 13.8. The lowest BCUT2D eigenvalue weighted by atomic mass is 10.1. The molecule has 0 fully saturated rings. The summed E-state index contributed by atoms with van der Waals surface area (Å²) >= 11 is 0. The third kappa shape index (κ3) is 2.97. The molecule has 0 bridgehead atoms. The van der Waals surface area contributed by atoms with E-state index in [1.807, 2.05) is 19.1 Å². The number of methoxy groups -OCH3 is 1. The molecule has 0 radical (unpaired) electrons. The minimum absolute atomic E-state index is 0.0653. The van der Waals surface area contributed by atoms with Crippen LogP contribution in [0.15, 0.2) is 42.5 Å². The topological polar surface area (TPSA) is 58.6 Å². The van der Waals surface area contributed by atoms with Gasteiger partial charge in [-0.3, -0.25) is 9.59 Å². The van der Waals surface area contributed by atoms with Gasteiger partial charge in [0.05, 0.1) is 7.11 Å². The number of benzene rings is 2. The Bertz CT molecular complexity index is 769. The molecule has 0 atom stereocenters. The molecule has 3 rings (SSSR count). The average molecular weight is 324 g/mol. The van der Waals surface area contributed by atoms with Crippen LogP contribution >= 0.6 is 0 Å². The van der Waals surface area contributed by atoms with Crippen LogP contribution in [0.2, 0.25) is 0 Å². The first-order valence-electron chi connectivity index (χ1n) is 8.01. The van der Waals surface area contributed by atoms with Crippen molar-refractivity contribution in [3.05, 3.63) is 59.2 Å². The van der Waals surface area contributed by atoms with Crippen LogP contribution in [0, 0.1) is 0 Å². The van der Waals surface area contributed by atoms with E-state index in [1.54, 1.807) is 42.3 Å². The summed E-state index contributed by atoms with van der Waals surface area (Å²) in [7, 11) is 1.59. The molecule has 1 N–H and O–H groups in total. The Morgan fingerprint density at radius 3 is 2.50 bits per heavy atom. The molecule has 1 aliphatic heterocycles. The molecule has 1 aliphatic rings. The maximum absolute atomic E-state index is 12.8. The lowest BCUT2D eigenvalue weighted by Crippen LogP contribution is -2.29. The highest BCUT2D eigenvalue weighted by atomic mass is 16.5. The number of amides is 2. The fraction of sp³-hybridized carbons (Fsp3) is 0.263. The van der Waals surface area contributed by atoms with Gasteiger partial charge in [0.25, 0.3) is 11.8 Å². The molecular formula is C19H20N2O3. The molecule has 0 unspecified atom stereocenters. The van der Waals surface area contributed by atoms with Gasteiger partial charge in [-0.15, -0.1) is 0 Å². The largest absolute Gasteiger partial charge is 0.497 e. The number of fused-ring (bicyclic) bond motifs is 1. The average Bonchev–Trinajstić information content (AvgIpc) is 3.04. The summed E-state index contributed by atoms with van der Waals surface area (Å²) in [5.74, 6) is 0.528. The first-order chi connectivity index (χ1) is 11.6. The van der Waals surface area contributed by atoms with Gasteiger partial charge in [-0.2, -0.15) is 0 Å². The molecule has 0 saturated carbocycles. The number of hydrogen-bond acceptors (Lipinski definition) is 3. The SMILES string of the molecule is CCNC(=O)c1ccc2c(c1)N(C(=O)c1ccc(OC)cc1)CC2. The van der Waals surface area contributed by atoms with E-state index in [1.165, 1.54) is 0 Å². The van der Waals surface area contributed by atoms with E-state index in [0.29, 0.717) is 30.0 Å². The Hall–Kier alpha value is -2.82. The highest BCUT2D eigenvalue weighted by Crippen LogP contribution is 2.30. The van der Waals surface area contributed by atoms with E-state index < -0.39 is 0 Å². The molecule has 124 valence electrons. The lowest BCUT2D eigenvalue weighted by Gasteiger charge is -2.18. The van der Waals surface area contributed by atoms with E-state index in [-0.39, 0.29) is 11.8 Å². The van der Waals surface area contributed by atoms with Crippen LogP contribution in [0.25, 0.3) is 0 Å². The Morgan fingerprint density at radius 1 is 1.12 bits per heavy atom. The van der Waals surface area contributed by atoms with Crippen LogP contribution in [0.1, 0.15) is 33.2 Å². The molecule has 2 aromatic carbocycles. The fourth-order valence-corrected chi connectivity index (χ4v) is 2.88. The predicted octanol–water partition coefficient (Wildman–Crippen LogP) is 2.65. The van der Waals surface area contributed by atoms with Crippen molar-refractivity contribution in [2.75, 3.05) is 25.1 Å². The van der Waals surface area contributed by atoms with E-state index in [4.69, 9.17) is 4.74 Å². The smallest absolute Gasteiger partial charge is 0.258 e. The number of anilines is 1. The van der Waals surface area contributed by atoms with Gasteiger partial charge in [0.1, 0.15) is 5.75 Å². The van der Waals surface area contributed by atoms with Crippen LogP contribution in [0.3, 0.4) is 0 Å². The Labute approximate surface area is 141 Å². The Balaban J connectivity index is 1.88. The van der Waals surface area contributed by atoms with E-state index >= 15 is 0 Å². The molecule has 1 heterocycles. The minimum Gasteiger partial charge on any atom is -0.497 e. The summed E-state index contributed by atoms with van der Waals surface area (Å²) in [6.07, 6.45) is 0.799. The summed E-state index contributed by atoms with van der Waals surface area (Å²) in [6.45, 7) is 3.08. The molecule has 24 heavy (non-hydrogen) atoms. The van der Waals surface area contributed by atoms with Crippen molar-refractivity contribution < 1.29 is 14.3 Å². The molecule has 0 aromatic heterocycles. The number of ether oxygens (including phenoxy) is 1. The highest BCUT2D eigenvalue weighted by molar-refractivity contribution is 6.08. The van der Waals surface area contributed by atoms with Gasteiger partial charge in [-0.25, -0.2) is 0 Å². The molecule has 0 aliphatic carbocycles. The van der Waals surface area contributed by atoms with E-state index in [0.717, 1.165) is 17.7 Å². The Kier molecular flexibility index (Phi) is 4.51. The summed E-state index contributed by atoms with van der Waals surface area (Å²) in [6, 6.07) is 12.6. The molecular weight excluding hydrogens is 304 g/mol. The van der Waals surface area contributed by atoms with Crippen molar-refractivity contribution in [2.24, 2.45) is 0 Å². The third-order valence-electron chi connectivity index (χ3n) is 4.16. The second-order valence-corrected chi connectivity index (χ2v) is 5.64. The quantitative estimate of drug-likeness (QED) is 0.940. The van der Waals surface area contributed by atoms with Gasteiger partial charge < -0.3 is 15.0 Å². The monoisotopic (exact) mass is 324 g/mol. The minimum atomic E-state index is -0.121. The van der Waals surface area contributed by atoms with Crippen molar-refractivity contribution in [1.29, 1.82) is 0 Å². The maximum atomic E-state index is 12.8. The normalized spacial score (nSPS) is 12.7. The standard InChI is InChI=1S/C19H20N2O3/c1-3-20-18(22)15-5-4-13-10-11-21(17(13)12-15)19(23)14-6-8-16(24-2)9-7-14/h4-9,12H,3,10-11H2,1-2H3,(H,20,22). The van der Waals surface area contributed by atoms with Gasteiger partial charge in [-0.1, -0.05) is 6.07 Å². The van der Waals surface area contributed by atoms with Crippen molar-refractivity contribution in [3.63, 3.8) is 0 Å². The van der Waals surface area contributed by atoms with Crippen LogP contribution in [-0.2, 0) is 6.42 Å². The third-order valence-corrected chi connectivity index (χ3v) is 4.16. The van der Waals surface area contributed by atoms with Crippen molar-refractivity contribution in [2.45, 2.75) is 13.3 Å². The van der Waals surface area contributed by atoms with Crippen LogP contribution in [-0.4, -0.2) is 32.0 Å². The predicted molar refractivity (Wildman–Crippen MR) is 92.8 cm³/mol. The summed E-state index contributed by atoms with van der Waals surface area (Å²) < 4.78 is 5.13. The zero-order chi connectivity index (χ0) is 17.1. The molecule has 2 amide bonds. The summed E-state index contributed by atoms with van der Waals surface area (Å²) in [5.41, 5.74) is 3.08. The number of rotatable bonds is 4. The van der Waals surface area contributed by atoms with Gasteiger partial charge in [0.2, 0.25) is 0 Å². The highest BCUT2D eigenvalue weighted by Gasteiger charge is 2.26. The number of hydrogen-bond donors (Lipinski definition) is 1. The molecule has 0 saturated heterocycles. The second-order valence-electron chi connectivity index (χ2n) is 5.64. The number of nitrogens with zero attached hydrogens (tertiary/aromatic N) is 1. The van der Waals surface area contributed by atoms with Gasteiger partial charge in [-0.05, 0) is 55.3 Å². The molecule has 2 aromatic rings. The maximum Gasteiger partial charge on any atom is 0.258 e. The van der Waals surface area contributed by atoms with Crippen LogP contribution < -0.4 is 15.0 Å². The number of nitrogens with one attached hydrogen (secondary N) is 1. The molecule has 5 heteroatoms. The second kappa shape index (κ2) is 6.74. The van der Waals surface area contributed by atoms with Crippen molar-refractivity contribution >= 4 is 17.5 Å².